The lowest BCUT2D eigenvalue weighted by atomic mass is 9.91. The lowest BCUT2D eigenvalue weighted by Crippen LogP contribution is -2.32. The Bertz CT molecular complexity index is 588. The number of ether oxygens (including phenoxy) is 1. The molecule has 3 heteroatoms. The molecule has 2 aromatic carbocycles. The Morgan fingerprint density at radius 3 is 2.65 bits per heavy atom. The van der Waals surface area contributed by atoms with Gasteiger partial charge >= 0.3 is 0 Å². The molecule has 86 valence electrons. The zero-order valence-corrected chi connectivity index (χ0v) is 9.34. The number of benzene rings is 2. The standard InChI is InChI=1S/C14H12O3/c1-14(16)12-5-3-2-4-10(12)11-7-6-9(15)8-13(11)17-14/h2-8,15-16H,1H3. The van der Waals surface area contributed by atoms with Gasteiger partial charge in [-0.3, -0.25) is 0 Å². The van der Waals surface area contributed by atoms with Gasteiger partial charge in [-0.05, 0) is 17.7 Å². The first-order valence-corrected chi connectivity index (χ1v) is 5.42. The molecule has 1 unspecified atom stereocenters. The van der Waals surface area contributed by atoms with E-state index >= 15 is 0 Å². The average molecular weight is 228 g/mol. The molecule has 2 aromatic rings. The molecule has 1 aliphatic heterocycles. The minimum atomic E-state index is -1.36. The minimum absolute atomic E-state index is 0.124. The predicted molar refractivity (Wildman–Crippen MR) is 63.7 cm³/mol. The topological polar surface area (TPSA) is 49.7 Å². The molecule has 0 fully saturated rings. The zero-order valence-electron chi connectivity index (χ0n) is 9.34. The molecular formula is C14H12O3. The molecule has 3 rings (SSSR count). The van der Waals surface area contributed by atoms with Crippen LogP contribution in [0.2, 0.25) is 0 Å². The van der Waals surface area contributed by atoms with Crippen molar-refractivity contribution in [1.29, 1.82) is 0 Å². The van der Waals surface area contributed by atoms with Gasteiger partial charge < -0.3 is 14.9 Å². The van der Waals surface area contributed by atoms with Crippen molar-refractivity contribution in [3.63, 3.8) is 0 Å². The lowest BCUT2D eigenvalue weighted by Gasteiger charge is -2.33. The Kier molecular flexibility index (Phi) is 1.94. The van der Waals surface area contributed by atoms with E-state index in [1.54, 1.807) is 19.1 Å². The molecule has 0 saturated carbocycles. The van der Waals surface area contributed by atoms with E-state index in [-0.39, 0.29) is 5.75 Å². The van der Waals surface area contributed by atoms with Gasteiger partial charge in [0.1, 0.15) is 11.5 Å². The van der Waals surface area contributed by atoms with Crippen LogP contribution in [0.4, 0.5) is 0 Å². The number of fused-ring (bicyclic) bond motifs is 3. The van der Waals surface area contributed by atoms with Gasteiger partial charge in [-0.1, -0.05) is 24.3 Å². The summed E-state index contributed by atoms with van der Waals surface area (Å²) >= 11 is 0. The molecule has 2 N–H and O–H groups in total. The first-order chi connectivity index (χ1) is 8.08. The Hall–Kier alpha value is -2.00. The molecular weight excluding hydrogens is 216 g/mol. The molecule has 0 bridgehead atoms. The van der Waals surface area contributed by atoms with Crippen LogP contribution in [-0.2, 0) is 5.79 Å². The highest BCUT2D eigenvalue weighted by molar-refractivity contribution is 5.76. The van der Waals surface area contributed by atoms with Crippen LogP contribution in [0.3, 0.4) is 0 Å². The molecule has 0 aliphatic carbocycles. The van der Waals surface area contributed by atoms with E-state index in [2.05, 4.69) is 0 Å². The van der Waals surface area contributed by atoms with Crippen molar-refractivity contribution in [2.24, 2.45) is 0 Å². The van der Waals surface area contributed by atoms with Crippen LogP contribution in [-0.4, -0.2) is 10.2 Å². The molecule has 0 aromatic heterocycles. The van der Waals surface area contributed by atoms with Gasteiger partial charge in [-0.15, -0.1) is 0 Å². The molecule has 0 amide bonds. The van der Waals surface area contributed by atoms with E-state index in [9.17, 15) is 10.2 Å². The second-order valence-corrected chi connectivity index (χ2v) is 4.31. The second-order valence-electron chi connectivity index (χ2n) is 4.31. The number of rotatable bonds is 0. The van der Waals surface area contributed by atoms with Crippen LogP contribution >= 0.6 is 0 Å². The van der Waals surface area contributed by atoms with Crippen LogP contribution < -0.4 is 4.74 Å². The molecule has 0 spiro atoms. The summed E-state index contributed by atoms with van der Waals surface area (Å²) in [6.45, 7) is 1.60. The van der Waals surface area contributed by atoms with Gasteiger partial charge in [-0.2, -0.15) is 0 Å². The Morgan fingerprint density at radius 2 is 1.82 bits per heavy atom. The number of aliphatic hydroxyl groups is 1. The first-order valence-electron chi connectivity index (χ1n) is 5.42. The third-order valence-corrected chi connectivity index (χ3v) is 2.99. The third kappa shape index (κ3) is 1.47. The first kappa shape index (κ1) is 10.2. The maximum Gasteiger partial charge on any atom is 0.232 e. The quantitative estimate of drug-likeness (QED) is 0.728. The van der Waals surface area contributed by atoms with Gasteiger partial charge in [0, 0.05) is 24.1 Å². The number of aromatic hydroxyl groups is 1. The number of hydrogen-bond donors (Lipinski definition) is 2. The highest BCUT2D eigenvalue weighted by Crippen LogP contribution is 2.44. The van der Waals surface area contributed by atoms with Crippen molar-refractivity contribution in [1.82, 2.24) is 0 Å². The third-order valence-electron chi connectivity index (χ3n) is 2.99. The van der Waals surface area contributed by atoms with Gasteiger partial charge in [0.05, 0.1) is 0 Å². The summed E-state index contributed by atoms with van der Waals surface area (Å²) < 4.78 is 5.52. The van der Waals surface area contributed by atoms with E-state index < -0.39 is 5.79 Å². The van der Waals surface area contributed by atoms with Gasteiger partial charge in [0.25, 0.3) is 0 Å². The van der Waals surface area contributed by atoms with Gasteiger partial charge in [-0.25, -0.2) is 0 Å². The maximum atomic E-state index is 10.3. The summed E-state index contributed by atoms with van der Waals surface area (Å²) in [5.74, 6) is -0.746. The molecule has 1 heterocycles. The summed E-state index contributed by atoms with van der Waals surface area (Å²) in [6, 6.07) is 12.5. The number of hydrogen-bond acceptors (Lipinski definition) is 3. The highest BCUT2D eigenvalue weighted by Gasteiger charge is 2.34. The van der Waals surface area contributed by atoms with Crippen LogP contribution in [0.1, 0.15) is 12.5 Å². The van der Waals surface area contributed by atoms with Crippen LogP contribution in [0.25, 0.3) is 11.1 Å². The van der Waals surface area contributed by atoms with E-state index in [0.29, 0.717) is 5.75 Å². The normalized spacial score (nSPS) is 21.3. The van der Waals surface area contributed by atoms with E-state index in [0.717, 1.165) is 16.7 Å². The Morgan fingerprint density at radius 1 is 1.06 bits per heavy atom. The molecule has 1 aliphatic rings. The smallest absolute Gasteiger partial charge is 0.232 e. The van der Waals surface area contributed by atoms with E-state index in [4.69, 9.17) is 4.74 Å². The Labute approximate surface area is 98.9 Å². The molecule has 17 heavy (non-hydrogen) atoms. The SMILES string of the molecule is CC1(O)Oc2cc(O)ccc2-c2ccccc21. The Balaban J connectivity index is 2.31. The highest BCUT2D eigenvalue weighted by atomic mass is 16.6. The average Bonchev–Trinajstić information content (AvgIpc) is 2.28. The fourth-order valence-corrected chi connectivity index (χ4v) is 2.21. The summed E-state index contributed by atoms with van der Waals surface area (Å²) in [7, 11) is 0. The number of phenols is 1. The summed E-state index contributed by atoms with van der Waals surface area (Å²) in [4.78, 5) is 0. The molecule has 1 atom stereocenters. The zero-order chi connectivity index (χ0) is 12.0. The largest absolute Gasteiger partial charge is 0.508 e. The van der Waals surface area contributed by atoms with Crippen molar-refractivity contribution in [3.8, 4) is 22.6 Å². The van der Waals surface area contributed by atoms with Gasteiger partial charge in [0.2, 0.25) is 5.79 Å². The van der Waals surface area contributed by atoms with Gasteiger partial charge in [0.15, 0.2) is 0 Å². The van der Waals surface area contributed by atoms with Crippen molar-refractivity contribution >= 4 is 0 Å². The van der Waals surface area contributed by atoms with Crippen LogP contribution in [0.15, 0.2) is 42.5 Å². The number of phenolic OH excluding ortho intramolecular Hbond substituents is 1. The molecule has 0 saturated heterocycles. The van der Waals surface area contributed by atoms with Crippen LogP contribution in [0, 0.1) is 0 Å². The molecule has 0 radical (unpaired) electrons. The second kappa shape index (κ2) is 3.25. The summed E-state index contributed by atoms with van der Waals surface area (Å²) in [6.07, 6.45) is 0. The maximum absolute atomic E-state index is 10.3. The van der Waals surface area contributed by atoms with E-state index in [1.165, 1.54) is 6.07 Å². The minimum Gasteiger partial charge on any atom is -0.508 e. The van der Waals surface area contributed by atoms with Crippen molar-refractivity contribution in [3.05, 3.63) is 48.0 Å². The van der Waals surface area contributed by atoms with E-state index in [1.807, 2.05) is 24.3 Å². The molecule has 3 nitrogen and oxygen atoms in total. The van der Waals surface area contributed by atoms with Crippen molar-refractivity contribution < 1.29 is 14.9 Å². The monoisotopic (exact) mass is 228 g/mol. The summed E-state index contributed by atoms with van der Waals surface area (Å²) in [5.41, 5.74) is 2.54. The fourth-order valence-electron chi connectivity index (χ4n) is 2.21. The van der Waals surface area contributed by atoms with Crippen LogP contribution in [0.5, 0.6) is 11.5 Å². The fraction of sp³-hybridized carbons (Fsp3) is 0.143. The van der Waals surface area contributed by atoms with Crippen molar-refractivity contribution in [2.45, 2.75) is 12.7 Å². The van der Waals surface area contributed by atoms with Crippen molar-refractivity contribution in [2.75, 3.05) is 0 Å². The predicted octanol–water partition coefficient (Wildman–Crippen LogP) is 2.62. The lowest BCUT2D eigenvalue weighted by molar-refractivity contribution is -0.130. The summed E-state index contributed by atoms with van der Waals surface area (Å²) in [5, 5.41) is 19.7.